The van der Waals surface area contributed by atoms with Crippen LogP contribution in [0.15, 0.2) is 35.7 Å². The van der Waals surface area contributed by atoms with Crippen LogP contribution in [0.3, 0.4) is 0 Å². The summed E-state index contributed by atoms with van der Waals surface area (Å²) in [6.07, 6.45) is 0. The zero-order valence-electron chi connectivity index (χ0n) is 13.4. The van der Waals surface area contributed by atoms with E-state index in [9.17, 15) is 0 Å². The van der Waals surface area contributed by atoms with E-state index in [0.717, 1.165) is 11.3 Å². The Bertz CT molecular complexity index is 770. The van der Waals surface area contributed by atoms with Crippen LogP contribution in [0.2, 0.25) is 0 Å². The summed E-state index contributed by atoms with van der Waals surface area (Å²) in [6.45, 7) is 4.66. The molecule has 3 aromatic rings. The second-order valence-corrected chi connectivity index (χ2v) is 5.48. The standard InChI is InChI=1S/C16H17N5O2S/c1-3-22-14-18-13(19-15(21-14)23-4-2)20-16-17-12(10-24-16)11-8-6-5-7-9-11/h5-10H,3-4H2,1-2H3,(H,17,18,19,20,21). The third-order valence-corrected chi connectivity index (χ3v) is 3.69. The zero-order chi connectivity index (χ0) is 16.8. The zero-order valence-corrected chi connectivity index (χ0v) is 14.2. The molecule has 1 N–H and O–H groups in total. The van der Waals surface area contributed by atoms with Gasteiger partial charge in [0.1, 0.15) is 0 Å². The summed E-state index contributed by atoms with van der Waals surface area (Å²) in [5.74, 6) is 0.339. The van der Waals surface area contributed by atoms with Gasteiger partial charge < -0.3 is 9.47 Å². The van der Waals surface area contributed by atoms with E-state index >= 15 is 0 Å². The van der Waals surface area contributed by atoms with Crippen molar-refractivity contribution in [3.05, 3.63) is 35.7 Å². The van der Waals surface area contributed by atoms with E-state index in [1.54, 1.807) is 0 Å². The van der Waals surface area contributed by atoms with Gasteiger partial charge in [0.2, 0.25) is 5.95 Å². The molecular weight excluding hydrogens is 326 g/mol. The second kappa shape index (κ2) is 7.69. The average molecular weight is 343 g/mol. The Morgan fingerprint density at radius 2 is 1.58 bits per heavy atom. The summed E-state index contributed by atoms with van der Waals surface area (Å²) in [7, 11) is 0. The Labute approximate surface area is 143 Å². The number of thiazole rings is 1. The maximum Gasteiger partial charge on any atom is 0.324 e. The molecule has 0 spiro atoms. The Hall–Kier alpha value is -2.74. The predicted octanol–water partition coefficient (Wildman–Crippen LogP) is 3.54. The number of anilines is 2. The van der Waals surface area contributed by atoms with Crippen LogP contribution in [0.5, 0.6) is 12.0 Å². The van der Waals surface area contributed by atoms with Crippen molar-refractivity contribution in [1.29, 1.82) is 0 Å². The number of hydrogen-bond acceptors (Lipinski definition) is 8. The fourth-order valence-corrected chi connectivity index (χ4v) is 2.66. The normalized spacial score (nSPS) is 10.4. The summed E-state index contributed by atoms with van der Waals surface area (Å²) in [5, 5.41) is 5.74. The number of hydrogen-bond donors (Lipinski definition) is 1. The maximum atomic E-state index is 5.35. The van der Waals surface area contributed by atoms with E-state index in [0.29, 0.717) is 24.3 Å². The molecule has 1 aromatic carbocycles. The Kier molecular flexibility index (Phi) is 5.17. The lowest BCUT2D eigenvalue weighted by Crippen LogP contribution is -2.06. The molecule has 0 aliphatic carbocycles. The Balaban J connectivity index is 1.81. The molecule has 7 nitrogen and oxygen atoms in total. The van der Waals surface area contributed by atoms with E-state index in [1.165, 1.54) is 11.3 Å². The lowest BCUT2D eigenvalue weighted by molar-refractivity contribution is 0.280. The number of nitrogens with one attached hydrogen (secondary N) is 1. The SMILES string of the molecule is CCOc1nc(Nc2nc(-c3ccccc3)cs2)nc(OCC)n1. The van der Waals surface area contributed by atoms with Crippen LogP contribution in [0.1, 0.15) is 13.8 Å². The van der Waals surface area contributed by atoms with Crippen LogP contribution in [-0.2, 0) is 0 Å². The van der Waals surface area contributed by atoms with Gasteiger partial charge >= 0.3 is 12.0 Å². The van der Waals surface area contributed by atoms with Crippen molar-refractivity contribution >= 4 is 22.4 Å². The molecule has 124 valence electrons. The van der Waals surface area contributed by atoms with Crippen molar-refractivity contribution in [2.75, 3.05) is 18.5 Å². The number of nitrogens with zero attached hydrogens (tertiary/aromatic N) is 4. The van der Waals surface area contributed by atoms with Crippen molar-refractivity contribution in [3.63, 3.8) is 0 Å². The molecule has 3 rings (SSSR count). The van der Waals surface area contributed by atoms with E-state index < -0.39 is 0 Å². The van der Waals surface area contributed by atoms with Gasteiger partial charge in [-0.2, -0.15) is 9.97 Å². The molecule has 24 heavy (non-hydrogen) atoms. The first-order valence-electron chi connectivity index (χ1n) is 7.58. The van der Waals surface area contributed by atoms with E-state index in [1.807, 2.05) is 49.6 Å². The third kappa shape index (κ3) is 3.96. The fourth-order valence-electron chi connectivity index (χ4n) is 1.95. The number of aromatic nitrogens is 4. The maximum absolute atomic E-state index is 5.35. The largest absolute Gasteiger partial charge is 0.464 e. The first-order valence-corrected chi connectivity index (χ1v) is 8.46. The quantitative estimate of drug-likeness (QED) is 0.702. The molecule has 0 radical (unpaired) electrons. The molecule has 2 aromatic heterocycles. The van der Waals surface area contributed by atoms with Gasteiger partial charge in [-0.3, -0.25) is 5.32 Å². The monoisotopic (exact) mass is 343 g/mol. The molecule has 8 heteroatoms. The minimum atomic E-state index is 0.221. The van der Waals surface area contributed by atoms with Gasteiger partial charge in [0.15, 0.2) is 5.13 Å². The van der Waals surface area contributed by atoms with Crippen molar-refractivity contribution in [2.45, 2.75) is 13.8 Å². The minimum Gasteiger partial charge on any atom is -0.464 e. The first kappa shape index (κ1) is 16.1. The van der Waals surface area contributed by atoms with Crippen LogP contribution >= 0.6 is 11.3 Å². The summed E-state index contributed by atoms with van der Waals surface area (Å²) >= 11 is 1.47. The molecule has 0 saturated heterocycles. The van der Waals surface area contributed by atoms with Crippen LogP contribution < -0.4 is 14.8 Å². The molecular formula is C16H17N5O2S. The summed E-state index contributed by atoms with van der Waals surface area (Å²) in [4.78, 5) is 17.1. The minimum absolute atomic E-state index is 0.221. The Morgan fingerprint density at radius 1 is 0.917 bits per heavy atom. The molecule has 0 saturated carbocycles. The lowest BCUT2D eigenvalue weighted by Gasteiger charge is -2.07. The summed E-state index contributed by atoms with van der Waals surface area (Å²) in [5.41, 5.74) is 1.95. The van der Waals surface area contributed by atoms with Crippen LogP contribution in [-0.4, -0.2) is 33.1 Å². The van der Waals surface area contributed by atoms with E-state index in [-0.39, 0.29) is 12.0 Å². The molecule has 0 aliphatic heterocycles. The van der Waals surface area contributed by atoms with E-state index in [4.69, 9.17) is 9.47 Å². The molecule has 0 atom stereocenters. The lowest BCUT2D eigenvalue weighted by atomic mass is 10.2. The van der Waals surface area contributed by atoms with Crippen molar-refractivity contribution < 1.29 is 9.47 Å². The number of ether oxygens (including phenoxy) is 2. The van der Waals surface area contributed by atoms with Gasteiger partial charge in [0.05, 0.1) is 18.9 Å². The summed E-state index contributed by atoms with van der Waals surface area (Å²) in [6, 6.07) is 10.4. The summed E-state index contributed by atoms with van der Waals surface area (Å²) < 4.78 is 10.7. The smallest absolute Gasteiger partial charge is 0.324 e. The van der Waals surface area contributed by atoms with Gasteiger partial charge in [-0.05, 0) is 13.8 Å². The predicted molar refractivity (Wildman–Crippen MR) is 93.0 cm³/mol. The second-order valence-electron chi connectivity index (χ2n) is 4.62. The molecule has 0 fully saturated rings. The van der Waals surface area contributed by atoms with Crippen molar-refractivity contribution in [3.8, 4) is 23.3 Å². The molecule has 0 amide bonds. The molecule has 0 bridgehead atoms. The van der Waals surface area contributed by atoms with Gasteiger partial charge in [0, 0.05) is 10.9 Å². The van der Waals surface area contributed by atoms with Crippen molar-refractivity contribution in [1.82, 2.24) is 19.9 Å². The average Bonchev–Trinajstić information content (AvgIpc) is 3.05. The van der Waals surface area contributed by atoms with Crippen LogP contribution in [0.25, 0.3) is 11.3 Å². The van der Waals surface area contributed by atoms with Gasteiger partial charge in [-0.15, -0.1) is 16.3 Å². The van der Waals surface area contributed by atoms with Crippen molar-refractivity contribution in [2.24, 2.45) is 0 Å². The van der Waals surface area contributed by atoms with Gasteiger partial charge in [-0.25, -0.2) is 4.98 Å². The van der Waals surface area contributed by atoms with Crippen LogP contribution in [0.4, 0.5) is 11.1 Å². The highest BCUT2D eigenvalue weighted by molar-refractivity contribution is 7.14. The van der Waals surface area contributed by atoms with Gasteiger partial charge in [-0.1, -0.05) is 30.3 Å². The van der Waals surface area contributed by atoms with Gasteiger partial charge in [0.25, 0.3) is 0 Å². The third-order valence-electron chi connectivity index (χ3n) is 2.93. The number of benzene rings is 1. The highest BCUT2D eigenvalue weighted by atomic mass is 32.1. The molecule has 2 heterocycles. The highest BCUT2D eigenvalue weighted by Crippen LogP contribution is 2.26. The first-order chi connectivity index (χ1) is 11.8. The topological polar surface area (TPSA) is 82.0 Å². The molecule has 0 unspecified atom stereocenters. The molecule has 0 aliphatic rings. The van der Waals surface area contributed by atoms with E-state index in [2.05, 4.69) is 25.3 Å². The number of rotatable bonds is 7. The highest BCUT2D eigenvalue weighted by Gasteiger charge is 2.11. The van der Waals surface area contributed by atoms with Crippen LogP contribution in [0, 0.1) is 0 Å². The Morgan fingerprint density at radius 3 is 2.21 bits per heavy atom. The fraction of sp³-hybridized carbons (Fsp3) is 0.250.